The SMILES string of the molecule is CCOC1CC(NCCc2ncc[nH]2)C1. The van der Waals surface area contributed by atoms with Gasteiger partial charge in [0.25, 0.3) is 0 Å². The van der Waals surface area contributed by atoms with Crippen LogP contribution in [0.25, 0.3) is 0 Å². The Kier molecular flexibility index (Phi) is 3.75. The second-order valence-corrected chi connectivity index (χ2v) is 3.99. The summed E-state index contributed by atoms with van der Waals surface area (Å²) in [7, 11) is 0. The number of hydrogen-bond donors (Lipinski definition) is 2. The summed E-state index contributed by atoms with van der Waals surface area (Å²) in [6, 6.07) is 0.650. The highest BCUT2D eigenvalue weighted by Crippen LogP contribution is 2.22. The van der Waals surface area contributed by atoms with Crippen molar-refractivity contribution in [3.8, 4) is 0 Å². The number of hydrogen-bond acceptors (Lipinski definition) is 3. The monoisotopic (exact) mass is 209 g/mol. The molecule has 0 spiro atoms. The number of imidazole rings is 1. The largest absolute Gasteiger partial charge is 0.378 e. The molecule has 1 aliphatic rings. The molecular weight excluding hydrogens is 190 g/mol. The van der Waals surface area contributed by atoms with Gasteiger partial charge in [0, 0.05) is 38.0 Å². The molecule has 0 radical (unpaired) electrons. The van der Waals surface area contributed by atoms with E-state index in [0.29, 0.717) is 12.1 Å². The molecule has 1 fully saturated rings. The maximum atomic E-state index is 5.50. The van der Waals surface area contributed by atoms with Crippen LogP contribution in [0.5, 0.6) is 0 Å². The Labute approximate surface area is 90.4 Å². The van der Waals surface area contributed by atoms with E-state index in [-0.39, 0.29) is 0 Å². The molecule has 0 aromatic carbocycles. The Hall–Kier alpha value is -0.870. The number of aromatic amines is 1. The fourth-order valence-corrected chi connectivity index (χ4v) is 1.93. The van der Waals surface area contributed by atoms with Gasteiger partial charge >= 0.3 is 0 Å². The van der Waals surface area contributed by atoms with Crippen molar-refractivity contribution < 1.29 is 4.74 Å². The van der Waals surface area contributed by atoms with Crippen LogP contribution in [0.4, 0.5) is 0 Å². The highest BCUT2D eigenvalue weighted by molar-refractivity contribution is 4.90. The lowest BCUT2D eigenvalue weighted by Crippen LogP contribution is -2.46. The summed E-state index contributed by atoms with van der Waals surface area (Å²) in [6.45, 7) is 3.89. The van der Waals surface area contributed by atoms with Gasteiger partial charge in [-0.3, -0.25) is 0 Å². The van der Waals surface area contributed by atoms with Crippen molar-refractivity contribution in [2.24, 2.45) is 0 Å². The van der Waals surface area contributed by atoms with Crippen LogP contribution < -0.4 is 5.32 Å². The molecule has 2 rings (SSSR count). The number of rotatable bonds is 6. The topological polar surface area (TPSA) is 49.9 Å². The van der Waals surface area contributed by atoms with Crippen molar-refractivity contribution in [3.63, 3.8) is 0 Å². The first kappa shape index (κ1) is 10.6. The fraction of sp³-hybridized carbons (Fsp3) is 0.727. The van der Waals surface area contributed by atoms with Gasteiger partial charge in [0.05, 0.1) is 6.10 Å². The Bertz CT molecular complexity index is 267. The van der Waals surface area contributed by atoms with Gasteiger partial charge in [0.1, 0.15) is 5.82 Å². The maximum absolute atomic E-state index is 5.50. The lowest BCUT2D eigenvalue weighted by molar-refractivity contribution is -0.00962. The van der Waals surface area contributed by atoms with Gasteiger partial charge in [-0.1, -0.05) is 0 Å². The molecule has 0 bridgehead atoms. The van der Waals surface area contributed by atoms with Crippen LogP contribution in [0.1, 0.15) is 25.6 Å². The van der Waals surface area contributed by atoms with E-state index in [1.54, 1.807) is 6.20 Å². The summed E-state index contributed by atoms with van der Waals surface area (Å²) < 4.78 is 5.50. The minimum Gasteiger partial charge on any atom is -0.378 e. The summed E-state index contributed by atoms with van der Waals surface area (Å²) in [4.78, 5) is 7.28. The molecule has 0 atom stereocenters. The molecule has 4 heteroatoms. The maximum Gasteiger partial charge on any atom is 0.107 e. The normalized spacial score (nSPS) is 25.1. The number of aromatic nitrogens is 2. The third kappa shape index (κ3) is 3.04. The number of ether oxygens (including phenoxy) is 1. The van der Waals surface area contributed by atoms with E-state index in [9.17, 15) is 0 Å². The molecular formula is C11H19N3O. The van der Waals surface area contributed by atoms with Crippen molar-refractivity contribution >= 4 is 0 Å². The Morgan fingerprint density at radius 2 is 2.47 bits per heavy atom. The quantitative estimate of drug-likeness (QED) is 0.738. The molecule has 1 heterocycles. The Morgan fingerprint density at radius 1 is 1.60 bits per heavy atom. The van der Waals surface area contributed by atoms with Crippen LogP contribution in [-0.4, -0.2) is 35.3 Å². The molecule has 1 aromatic heterocycles. The van der Waals surface area contributed by atoms with Crippen LogP contribution in [-0.2, 0) is 11.2 Å². The predicted octanol–water partition coefficient (Wildman–Crippen LogP) is 1.11. The van der Waals surface area contributed by atoms with Gasteiger partial charge in [-0.15, -0.1) is 0 Å². The molecule has 15 heavy (non-hydrogen) atoms. The lowest BCUT2D eigenvalue weighted by atomic mass is 9.89. The fourth-order valence-electron chi connectivity index (χ4n) is 1.93. The predicted molar refractivity (Wildman–Crippen MR) is 58.7 cm³/mol. The van der Waals surface area contributed by atoms with E-state index in [1.165, 1.54) is 0 Å². The summed E-state index contributed by atoms with van der Waals surface area (Å²) in [5.41, 5.74) is 0. The average molecular weight is 209 g/mol. The number of H-pyrrole nitrogens is 1. The van der Waals surface area contributed by atoms with Gasteiger partial charge in [-0.05, 0) is 19.8 Å². The standard InChI is InChI=1S/C11H19N3O/c1-2-15-10-7-9(8-10)12-4-3-11-13-5-6-14-11/h5-6,9-10,12H,2-4,7-8H2,1H3,(H,13,14). The summed E-state index contributed by atoms with van der Waals surface area (Å²) in [5, 5.41) is 3.51. The van der Waals surface area contributed by atoms with Crippen LogP contribution in [0.3, 0.4) is 0 Å². The van der Waals surface area contributed by atoms with E-state index in [2.05, 4.69) is 22.2 Å². The molecule has 2 N–H and O–H groups in total. The zero-order valence-corrected chi connectivity index (χ0v) is 9.20. The zero-order valence-electron chi connectivity index (χ0n) is 9.20. The summed E-state index contributed by atoms with van der Waals surface area (Å²) in [6.07, 6.45) is 7.45. The van der Waals surface area contributed by atoms with Crippen molar-refractivity contribution in [2.75, 3.05) is 13.2 Å². The number of nitrogens with zero attached hydrogens (tertiary/aromatic N) is 1. The molecule has 0 saturated heterocycles. The molecule has 0 unspecified atom stereocenters. The van der Waals surface area contributed by atoms with Gasteiger partial charge in [0.15, 0.2) is 0 Å². The third-order valence-corrected chi connectivity index (χ3v) is 2.85. The molecule has 0 aliphatic heterocycles. The van der Waals surface area contributed by atoms with E-state index in [0.717, 1.165) is 38.2 Å². The van der Waals surface area contributed by atoms with Crippen LogP contribution in [0.2, 0.25) is 0 Å². The highest BCUT2D eigenvalue weighted by atomic mass is 16.5. The second kappa shape index (κ2) is 5.28. The summed E-state index contributed by atoms with van der Waals surface area (Å²) in [5.74, 6) is 1.06. The van der Waals surface area contributed by atoms with Gasteiger partial charge in [-0.2, -0.15) is 0 Å². The van der Waals surface area contributed by atoms with E-state index >= 15 is 0 Å². The molecule has 1 aromatic rings. The first-order chi connectivity index (χ1) is 7.38. The average Bonchev–Trinajstić information content (AvgIpc) is 2.66. The zero-order chi connectivity index (χ0) is 10.5. The van der Waals surface area contributed by atoms with Gasteiger partial charge in [-0.25, -0.2) is 4.98 Å². The Balaban J connectivity index is 1.53. The smallest absolute Gasteiger partial charge is 0.107 e. The third-order valence-electron chi connectivity index (χ3n) is 2.85. The van der Waals surface area contributed by atoms with Crippen molar-refractivity contribution in [1.29, 1.82) is 0 Å². The molecule has 84 valence electrons. The minimum absolute atomic E-state index is 0.496. The van der Waals surface area contributed by atoms with Gasteiger partial charge < -0.3 is 15.0 Å². The van der Waals surface area contributed by atoms with E-state index in [4.69, 9.17) is 4.74 Å². The van der Waals surface area contributed by atoms with Crippen LogP contribution in [0, 0.1) is 0 Å². The van der Waals surface area contributed by atoms with Gasteiger partial charge in [0.2, 0.25) is 0 Å². The summed E-state index contributed by atoms with van der Waals surface area (Å²) >= 11 is 0. The molecule has 4 nitrogen and oxygen atoms in total. The minimum atomic E-state index is 0.496. The van der Waals surface area contributed by atoms with Crippen LogP contribution in [0.15, 0.2) is 12.4 Å². The van der Waals surface area contributed by atoms with E-state index < -0.39 is 0 Å². The van der Waals surface area contributed by atoms with Crippen LogP contribution >= 0.6 is 0 Å². The molecule has 1 saturated carbocycles. The lowest BCUT2D eigenvalue weighted by Gasteiger charge is -2.35. The van der Waals surface area contributed by atoms with E-state index in [1.807, 2.05) is 6.20 Å². The van der Waals surface area contributed by atoms with Crippen molar-refractivity contribution in [2.45, 2.75) is 38.3 Å². The van der Waals surface area contributed by atoms with Crippen molar-refractivity contribution in [1.82, 2.24) is 15.3 Å². The second-order valence-electron chi connectivity index (χ2n) is 3.99. The first-order valence-corrected chi connectivity index (χ1v) is 5.71. The highest BCUT2D eigenvalue weighted by Gasteiger charge is 2.28. The first-order valence-electron chi connectivity index (χ1n) is 5.71. The van der Waals surface area contributed by atoms with Crippen molar-refractivity contribution in [3.05, 3.63) is 18.2 Å². The molecule has 0 amide bonds. The molecule has 1 aliphatic carbocycles. The number of nitrogens with one attached hydrogen (secondary N) is 2. The Morgan fingerprint density at radius 3 is 3.13 bits per heavy atom.